The minimum Gasteiger partial charge on any atom is -0.348 e. The highest BCUT2D eigenvalue weighted by molar-refractivity contribution is 6.42. The highest BCUT2D eigenvalue weighted by atomic mass is 35.5. The molecule has 3 aromatic rings. The molecule has 1 aliphatic rings. The summed E-state index contributed by atoms with van der Waals surface area (Å²) in [6.45, 7) is 10.3. The van der Waals surface area contributed by atoms with Gasteiger partial charge in [0.15, 0.2) is 0 Å². The van der Waals surface area contributed by atoms with Gasteiger partial charge in [-0.15, -0.1) is 0 Å². The minimum atomic E-state index is -0.227. The standard InChI is InChI=1S/C29H33Cl2N3O2/c1-5-14-33(28(36)21-10-13-23(30)24(31)18-21)19-26(35)34-17-16-32-15-6-7-25(32)27(34)20-8-11-22(12-9-20)29(2,3)4/h6-13,15,18,27H,5,14,16-17,19H2,1-4H3. The van der Waals surface area contributed by atoms with Crippen molar-refractivity contribution in [1.29, 1.82) is 0 Å². The van der Waals surface area contributed by atoms with Gasteiger partial charge in [-0.3, -0.25) is 9.59 Å². The second kappa shape index (κ2) is 10.7. The molecule has 7 heteroatoms. The van der Waals surface area contributed by atoms with E-state index < -0.39 is 0 Å². The fourth-order valence-corrected chi connectivity index (χ4v) is 5.05. The van der Waals surface area contributed by atoms with Gasteiger partial charge < -0.3 is 14.4 Å². The summed E-state index contributed by atoms with van der Waals surface area (Å²) in [7, 11) is 0. The quantitative estimate of drug-likeness (QED) is 0.365. The first-order chi connectivity index (χ1) is 17.1. The summed E-state index contributed by atoms with van der Waals surface area (Å²) in [5, 5.41) is 0.712. The molecule has 0 bridgehead atoms. The first-order valence-electron chi connectivity index (χ1n) is 12.4. The zero-order chi connectivity index (χ0) is 26.0. The maximum absolute atomic E-state index is 13.8. The van der Waals surface area contributed by atoms with Gasteiger partial charge in [-0.1, -0.05) is 75.2 Å². The van der Waals surface area contributed by atoms with Crippen LogP contribution in [0.5, 0.6) is 0 Å². The van der Waals surface area contributed by atoms with Crippen LogP contribution in [0, 0.1) is 0 Å². The number of carbonyl (C=O) groups is 2. The second-order valence-corrected chi connectivity index (χ2v) is 11.2. The highest BCUT2D eigenvalue weighted by Crippen LogP contribution is 2.34. The Hall–Kier alpha value is -2.76. The van der Waals surface area contributed by atoms with Gasteiger partial charge in [-0.05, 0) is 53.3 Å². The van der Waals surface area contributed by atoms with Gasteiger partial charge in [-0.25, -0.2) is 0 Å². The van der Waals surface area contributed by atoms with Crippen LogP contribution >= 0.6 is 23.2 Å². The third-order valence-electron chi connectivity index (χ3n) is 6.72. The van der Waals surface area contributed by atoms with Gasteiger partial charge in [-0.2, -0.15) is 0 Å². The number of carbonyl (C=O) groups excluding carboxylic acids is 2. The lowest BCUT2D eigenvalue weighted by atomic mass is 9.86. The fourth-order valence-electron chi connectivity index (χ4n) is 4.76. The molecule has 36 heavy (non-hydrogen) atoms. The van der Waals surface area contributed by atoms with E-state index in [4.69, 9.17) is 23.2 Å². The van der Waals surface area contributed by atoms with Gasteiger partial charge in [0.25, 0.3) is 5.91 Å². The van der Waals surface area contributed by atoms with Crippen LogP contribution in [0.25, 0.3) is 0 Å². The monoisotopic (exact) mass is 525 g/mol. The van der Waals surface area contributed by atoms with Crippen molar-refractivity contribution in [2.75, 3.05) is 19.6 Å². The molecule has 2 amide bonds. The highest BCUT2D eigenvalue weighted by Gasteiger charge is 2.33. The Balaban J connectivity index is 1.62. The Morgan fingerprint density at radius 3 is 2.36 bits per heavy atom. The number of rotatable bonds is 6. The van der Waals surface area contributed by atoms with Crippen LogP contribution in [-0.2, 0) is 16.8 Å². The Morgan fingerprint density at radius 1 is 1.00 bits per heavy atom. The van der Waals surface area contributed by atoms with Crippen LogP contribution < -0.4 is 0 Å². The topological polar surface area (TPSA) is 45.6 Å². The van der Waals surface area contributed by atoms with Crippen molar-refractivity contribution in [3.8, 4) is 0 Å². The lowest BCUT2D eigenvalue weighted by Gasteiger charge is -2.38. The van der Waals surface area contributed by atoms with Gasteiger partial charge >= 0.3 is 0 Å². The van der Waals surface area contributed by atoms with E-state index in [-0.39, 0.29) is 29.8 Å². The molecular formula is C29H33Cl2N3O2. The third kappa shape index (κ3) is 5.47. The van der Waals surface area contributed by atoms with Crippen LogP contribution in [0.3, 0.4) is 0 Å². The maximum atomic E-state index is 13.8. The molecule has 0 aliphatic carbocycles. The van der Waals surface area contributed by atoms with Crippen molar-refractivity contribution < 1.29 is 9.59 Å². The van der Waals surface area contributed by atoms with Crippen molar-refractivity contribution in [3.05, 3.63) is 93.2 Å². The zero-order valence-corrected chi connectivity index (χ0v) is 22.8. The molecule has 2 aromatic carbocycles. The van der Waals surface area contributed by atoms with Crippen LogP contribution in [0.1, 0.15) is 67.3 Å². The number of nitrogens with zero attached hydrogens (tertiary/aromatic N) is 3. The zero-order valence-electron chi connectivity index (χ0n) is 21.3. The van der Waals surface area contributed by atoms with Crippen LogP contribution in [0.15, 0.2) is 60.8 Å². The normalized spacial score (nSPS) is 15.5. The molecule has 2 heterocycles. The molecule has 0 spiro atoms. The summed E-state index contributed by atoms with van der Waals surface area (Å²) in [5.74, 6) is -0.301. The molecule has 1 atom stereocenters. The smallest absolute Gasteiger partial charge is 0.254 e. The number of amides is 2. The molecule has 0 saturated carbocycles. The summed E-state index contributed by atoms with van der Waals surface area (Å²) < 4.78 is 2.21. The fraction of sp³-hybridized carbons (Fsp3) is 0.379. The molecule has 4 rings (SSSR count). The van der Waals surface area contributed by atoms with Crippen molar-refractivity contribution in [2.45, 2.75) is 52.1 Å². The predicted molar refractivity (Wildman–Crippen MR) is 146 cm³/mol. The van der Waals surface area contributed by atoms with E-state index in [1.165, 1.54) is 5.56 Å². The molecule has 1 aliphatic heterocycles. The van der Waals surface area contributed by atoms with Crippen molar-refractivity contribution in [2.24, 2.45) is 0 Å². The van der Waals surface area contributed by atoms with E-state index in [2.05, 4.69) is 61.9 Å². The summed E-state index contributed by atoms with van der Waals surface area (Å²) in [6, 6.07) is 17.3. The van der Waals surface area contributed by atoms with Crippen LogP contribution in [0.2, 0.25) is 10.0 Å². The van der Waals surface area contributed by atoms with Gasteiger partial charge in [0, 0.05) is 37.1 Å². The number of aromatic nitrogens is 1. The molecule has 0 fully saturated rings. The molecule has 190 valence electrons. The van der Waals surface area contributed by atoms with E-state index in [0.29, 0.717) is 28.7 Å². The lowest BCUT2D eigenvalue weighted by Crippen LogP contribution is -2.48. The summed E-state index contributed by atoms with van der Waals surface area (Å²) >= 11 is 12.2. The van der Waals surface area contributed by atoms with E-state index >= 15 is 0 Å². The molecule has 5 nitrogen and oxygen atoms in total. The lowest BCUT2D eigenvalue weighted by molar-refractivity contribution is -0.134. The maximum Gasteiger partial charge on any atom is 0.254 e. The van der Waals surface area contributed by atoms with E-state index in [0.717, 1.165) is 24.2 Å². The Bertz CT molecular complexity index is 1240. The van der Waals surface area contributed by atoms with Gasteiger partial charge in [0.2, 0.25) is 5.91 Å². The molecular weight excluding hydrogens is 493 g/mol. The summed E-state index contributed by atoms with van der Waals surface area (Å²) in [6.07, 6.45) is 2.80. The number of halogens is 2. The average Bonchev–Trinajstić information content (AvgIpc) is 3.33. The molecule has 0 N–H and O–H groups in total. The first-order valence-corrected chi connectivity index (χ1v) is 13.1. The first kappa shape index (κ1) is 26.3. The van der Waals surface area contributed by atoms with E-state index in [1.807, 2.05) is 17.9 Å². The van der Waals surface area contributed by atoms with Gasteiger partial charge in [0.05, 0.1) is 16.1 Å². The average molecular weight is 527 g/mol. The van der Waals surface area contributed by atoms with Crippen LogP contribution in [-0.4, -0.2) is 45.8 Å². The third-order valence-corrected chi connectivity index (χ3v) is 7.46. The number of benzene rings is 2. The molecule has 0 radical (unpaired) electrons. The number of hydrogen-bond donors (Lipinski definition) is 0. The summed E-state index contributed by atoms with van der Waals surface area (Å²) in [4.78, 5) is 30.6. The number of hydrogen-bond acceptors (Lipinski definition) is 2. The predicted octanol–water partition coefficient (Wildman–Crippen LogP) is 6.58. The van der Waals surface area contributed by atoms with E-state index in [9.17, 15) is 9.59 Å². The van der Waals surface area contributed by atoms with Crippen molar-refractivity contribution >= 4 is 35.0 Å². The Kier molecular flexibility index (Phi) is 7.82. The Morgan fingerprint density at radius 2 is 1.72 bits per heavy atom. The summed E-state index contributed by atoms with van der Waals surface area (Å²) in [5.41, 5.74) is 3.86. The molecule has 0 saturated heterocycles. The van der Waals surface area contributed by atoms with Crippen LogP contribution in [0.4, 0.5) is 0 Å². The minimum absolute atomic E-state index is 0.00417. The second-order valence-electron chi connectivity index (χ2n) is 10.3. The molecule has 1 unspecified atom stereocenters. The largest absolute Gasteiger partial charge is 0.348 e. The van der Waals surface area contributed by atoms with Crippen molar-refractivity contribution in [1.82, 2.24) is 14.4 Å². The van der Waals surface area contributed by atoms with Crippen molar-refractivity contribution in [3.63, 3.8) is 0 Å². The van der Waals surface area contributed by atoms with Gasteiger partial charge in [0.1, 0.15) is 6.54 Å². The number of fused-ring (bicyclic) bond motifs is 1. The van der Waals surface area contributed by atoms with E-state index in [1.54, 1.807) is 23.1 Å². The Labute approximate surface area is 223 Å². The SMILES string of the molecule is CCCN(CC(=O)N1CCn2cccc2C1c1ccc(C(C)(C)C)cc1)C(=O)c1ccc(Cl)c(Cl)c1. The molecule has 1 aromatic heterocycles.